The lowest BCUT2D eigenvalue weighted by Gasteiger charge is -2.06. The minimum Gasteiger partial charge on any atom is -0.349 e. The molecule has 0 fully saturated rings. The van der Waals surface area contributed by atoms with Crippen LogP contribution < -0.4 is 5.32 Å². The summed E-state index contributed by atoms with van der Waals surface area (Å²) in [7, 11) is 0. The monoisotopic (exact) mass is 287 g/mol. The van der Waals surface area contributed by atoms with Crippen LogP contribution in [0.3, 0.4) is 0 Å². The standard InChI is InChI=1S/C16H21N3O2/c1-13(2)9-17-10-14-7-8-18(11-14)12-15-5-3-4-6-16(15)19(20)21/h3-8,11,13,17H,9-10,12H2,1-2H3. The molecule has 0 spiro atoms. The lowest BCUT2D eigenvalue weighted by Crippen LogP contribution is -2.18. The molecule has 1 N–H and O–H groups in total. The van der Waals surface area contributed by atoms with E-state index in [9.17, 15) is 10.1 Å². The number of benzene rings is 1. The molecule has 0 unspecified atom stereocenters. The highest BCUT2D eigenvalue weighted by molar-refractivity contribution is 5.40. The number of hydrogen-bond acceptors (Lipinski definition) is 3. The van der Waals surface area contributed by atoms with Gasteiger partial charge in [-0.05, 0) is 24.1 Å². The molecular weight excluding hydrogens is 266 g/mol. The van der Waals surface area contributed by atoms with Crippen LogP contribution in [0, 0.1) is 16.0 Å². The Labute approximate surface area is 124 Å². The van der Waals surface area contributed by atoms with Crippen LogP contribution in [0.2, 0.25) is 0 Å². The Morgan fingerprint density at radius 3 is 2.76 bits per heavy atom. The van der Waals surface area contributed by atoms with E-state index < -0.39 is 0 Å². The topological polar surface area (TPSA) is 60.1 Å². The third-order valence-electron chi connectivity index (χ3n) is 3.23. The molecule has 1 heterocycles. The van der Waals surface area contributed by atoms with Crippen LogP contribution in [0.15, 0.2) is 42.7 Å². The first-order valence-electron chi connectivity index (χ1n) is 7.14. The largest absolute Gasteiger partial charge is 0.349 e. The number of nitrogens with one attached hydrogen (secondary N) is 1. The van der Waals surface area contributed by atoms with Crippen molar-refractivity contribution in [2.45, 2.75) is 26.9 Å². The van der Waals surface area contributed by atoms with Crippen molar-refractivity contribution < 1.29 is 4.92 Å². The van der Waals surface area contributed by atoms with E-state index >= 15 is 0 Å². The second-order valence-electron chi connectivity index (χ2n) is 5.60. The summed E-state index contributed by atoms with van der Waals surface area (Å²) in [6.07, 6.45) is 3.99. The Morgan fingerprint density at radius 1 is 1.29 bits per heavy atom. The van der Waals surface area contributed by atoms with Crippen molar-refractivity contribution in [1.29, 1.82) is 0 Å². The molecule has 1 aromatic carbocycles. The van der Waals surface area contributed by atoms with Gasteiger partial charge in [-0.3, -0.25) is 10.1 Å². The first-order valence-corrected chi connectivity index (χ1v) is 7.14. The van der Waals surface area contributed by atoms with Crippen molar-refractivity contribution in [3.8, 4) is 0 Å². The predicted molar refractivity (Wildman–Crippen MR) is 83.2 cm³/mol. The Hall–Kier alpha value is -2.14. The molecule has 0 aliphatic rings. The summed E-state index contributed by atoms with van der Waals surface area (Å²) in [6, 6.07) is 8.91. The molecule has 0 saturated heterocycles. The van der Waals surface area contributed by atoms with Crippen molar-refractivity contribution in [3.63, 3.8) is 0 Å². The van der Waals surface area contributed by atoms with Gasteiger partial charge >= 0.3 is 0 Å². The van der Waals surface area contributed by atoms with Gasteiger partial charge in [-0.15, -0.1) is 0 Å². The molecule has 0 bridgehead atoms. The molecule has 5 nitrogen and oxygen atoms in total. The number of rotatable bonds is 7. The van der Waals surface area contributed by atoms with Crippen molar-refractivity contribution in [1.82, 2.24) is 9.88 Å². The summed E-state index contributed by atoms with van der Waals surface area (Å²) < 4.78 is 1.98. The summed E-state index contributed by atoms with van der Waals surface area (Å²) in [6.45, 7) is 6.66. The van der Waals surface area contributed by atoms with Crippen LogP contribution in [0.1, 0.15) is 25.0 Å². The van der Waals surface area contributed by atoms with Gasteiger partial charge in [-0.2, -0.15) is 0 Å². The van der Waals surface area contributed by atoms with Crippen LogP contribution in [0.25, 0.3) is 0 Å². The average molecular weight is 287 g/mol. The summed E-state index contributed by atoms with van der Waals surface area (Å²) in [5, 5.41) is 14.4. The maximum Gasteiger partial charge on any atom is 0.274 e. The minimum atomic E-state index is -0.329. The fourth-order valence-corrected chi connectivity index (χ4v) is 2.22. The molecule has 0 aliphatic heterocycles. The predicted octanol–water partition coefficient (Wildman–Crippen LogP) is 3.19. The smallest absolute Gasteiger partial charge is 0.274 e. The molecule has 112 valence electrons. The van der Waals surface area contributed by atoms with E-state index in [0.717, 1.165) is 18.7 Å². The van der Waals surface area contributed by atoms with Gasteiger partial charge in [0.15, 0.2) is 0 Å². The first kappa shape index (κ1) is 15.3. The second kappa shape index (κ2) is 7.04. The zero-order valence-electron chi connectivity index (χ0n) is 12.5. The zero-order chi connectivity index (χ0) is 15.2. The second-order valence-corrected chi connectivity index (χ2v) is 5.60. The highest BCUT2D eigenvalue weighted by Crippen LogP contribution is 2.19. The first-order chi connectivity index (χ1) is 10.1. The third-order valence-corrected chi connectivity index (χ3v) is 3.23. The maximum absolute atomic E-state index is 11.0. The van der Waals surface area contributed by atoms with Gasteiger partial charge in [0.2, 0.25) is 0 Å². The van der Waals surface area contributed by atoms with Gasteiger partial charge in [0.05, 0.1) is 11.5 Å². The molecule has 21 heavy (non-hydrogen) atoms. The van der Waals surface area contributed by atoms with Gasteiger partial charge in [-0.25, -0.2) is 0 Å². The highest BCUT2D eigenvalue weighted by atomic mass is 16.6. The number of nitrogens with zero attached hydrogens (tertiary/aromatic N) is 2. The van der Waals surface area contributed by atoms with Gasteiger partial charge in [-0.1, -0.05) is 32.0 Å². The molecular formula is C16H21N3O2. The molecule has 0 saturated carbocycles. The van der Waals surface area contributed by atoms with Crippen LogP contribution in [-0.2, 0) is 13.1 Å². The van der Waals surface area contributed by atoms with E-state index in [1.165, 1.54) is 5.56 Å². The van der Waals surface area contributed by atoms with Gasteiger partial charge < -0.3 is 9.88 Å². The molecule has 0 amide bonds. The summed E-state index contributed by atoms with van der Waals surface area (Å²) in [5.74, 6) is 0.624. The van der Waals surface area contributed by atoms with E-state index in [0.29, 0.717) is 12.5 Å². The number of nitro groups is 1. The molecule has 5 heteroatoms. The van der Waals surface area contributed by atoms with Gasteiger partial charge in [0.25, 0.3) is 5.69 Å². The van der Waals surface area contributed by atoms with Crippen LogP contribution in [0.5, 0.6) is 0 Å². The van der Waals surface area contributed by atoms with E-state index in [2.05, 4.69) is 19.2 Å². The van der Waals surface area contributed by atoms with Gasteiger partial charge in [0.1, 0.15) is 0 Å². The van der Waals surface area contributed by atoms with Crippen LogP contribution >= 0.6 is 0 Å². The third kappa shape index (κ3) is 4.43. The highest BCUT2D eigenvalue weighted by Gasteiger charge is 2.12. The number of aromatic nitrogens is 1. The lowest BCUT2D eigenvalue weighted by molar-refractivity contribution is -0.385. The SMILES string of the molecule is CC(C)CNCc1ccn(Cc2ccccc2[N+](=O)[O-])c1. The van der Waals surface area contributed by atoms with E-state index in [-0.39, 0.29) is 10.6 Å². The Morgan fingerprint density at radius 2 is 2.05 bits per heavy atom. The normalized spacial score (nSPS) is 11.0. The number of nitro benzene ring substituents is 1. The fourth-order valence-electron chi connectivity index (χ4n) is 2.22. The quantitative estimate of drug-likeness (QED) is 0.628. The Kier molecular flexibility index (Phi) is 5.11. The zero-order valence-corrected chi connectivity index (χ0v) is 12.5. The van der Waals surface area contributed by atoms with E-state index in [1.54, 1.807) is 18.2 Å². The summed E-state index contributed by atoms with van der Waals surface area (Å²) in [5.41, 5.74) is 2.08. The Bertz CT molecular complexity index is 605. The van der Waals surface area contributed by atoms with Crippen molar-refractivity contribution in [2.75, 3.05) is 6.54 Å². The van der Waals surface area contributed by atoms with Crippen LogP contribution in [0.4, 0.5) is 5.69 Å². The molecule has 1 aromatic heterocycles. The van der Waals surface area contributed by atoms with E-state index in [4.69, 9.17) is 0 Å². The molecule has 0 radical (unpaired) electrons. The molecule has 0 atom stereocenters. The van der Waals surface area contributed by atoms with E-state index in [1.807, 2.05) is 29.1 Å². The average Bonchev–Trinajstić information content (AvgIpc) is 2.86. The summed E-state index contributed by atoms with van der Waals surface area (Å²) >= 11 is 0. The number of para-hydroxylation sites is 1. The van der Waals surface area contributed by atoms with Gasteiger partial charge in [0, 0.05) is 30.6 Å². The molecule has 0 aliphatic carbocycles. The Balaban J connectivity index is 2.01. The maximum atomic E-state index is 11.0. The lowest BCUT2D eigenvalue weighted by atomic mass is 10.2. The minimum absolute atomic E-state index is 0.172. The molecule has 2 rings (SSSR count). The van der Waals surface area contributed by atoms with Crippen LogP contribution in [-0.4, -0.2) is 16.0 Å². The van der Waals surface area contributed by atoms with Crippen molar-refractivity contribution in [2.24, 2.45) is 5.92 Å². The van der Waals surface area contributed by atoms with Crippen molar-refractivity contribution in [3.05, 3.63) is 64.0 Å². The van der Waals surface area contributed by atoms with Crippen molar-refractivity contribution >= 4 is 5.69 Å². The number of hydrogen-bond donors (Lipinski definition) is 1. The fraction of sp³-hybridized carbons (Fsp3) is 0.375. The summed E-state index contributed by atoms with van der Waals surface area (Å²) in [4.78, 5) is 10.7. The molecule has 2 aromatic rings.